The summed E-state index contributed by atoms with van der Waals surface area (Å²) in [7, 11) is 1.60. The monoisotopic (exact) mass is 394 g/mol. The van der Waals surface area contributed by atoms with Gasteiger partial charge in [0.15, 0.2) is 0 Å². The van der Waals surface area contributed by atoms with Crippen LogP contribution in [0.2, 0.25) is 5.02 Å². The Hall–Kier alpha value is -1.75. The lowest BCUT2D eigenvalue weighted by molar-refractivity contribution is 0.0937. The molecule has 1 aliphatic heterocycles. The molecule has 0 aromatic heterocycles. The summed E-state index contributed by atoms with van der Waals surface area (Å²) in [5, 5.41) is 3.80. The van der Waals surface area contributed by atoms with Crippen molar-refractivity contribution in [3.8, 4) is 5.75 Å². The molecule has 1 N–H and O–H groups in total. The number of nitrogens with one attached hydrogen (secondary N) is 1. The van der Waals surface area contributed by atoms with Crippen LogP contribution < -0.4 is 10.1 Å². The maximum atomic E-state index is 12.5. The fourth-order valence-electron chi connectivity index (χ4n) is 3.29. The fraction of sp³-hybridized carbons (Fsp3) is 0.350. The van der Waals surface area contributed by atoms with Gasteiger partial charge in [0, 0.05) is 17.1 Å². The third-order valence-corrected chi connectivity index (χ3v) is 4.98. The molecule has 140 valence electrons. The number of carbonyl (C=O) groups is 1. The Morgan fingerprint density at radius 3 is 2.62 bits per heavy atom. The predicted molar refractivity (Wildman–Crippen MR) is 108 cm³/mol. The van der Waals surface area contributed by atoms with Crippen molar-refractivity contribution in [3.63, 3.8) is 0 Å². The van der Waals surface area contributed by atoms with Crippen LogP contribution in [-0.2, 0) is 0 Å². The van der Waals surface area contributed by atoms with Gasteiger partial charge in [0.1, 0.15) is 5.75 Å². The van der Waals surface area contributed by atoms with Crippen molar-refractivity contribution in [2.24, 2.45) is 0 Å². The van der Waals surface area contributed by atoms with Crippen LogP contribution in [0.1, 0.15) is 34.8 Å². The number of amides is 1. The number of hydrogen-bond acceptors (Lipinski definition) is 3. The Morgan fingerprint density at radius 1 is 1.19 bits per heavy atom. The van der Waals surface area contributed by atoms with E-state index in [0.717, 1.165) is 23.7 Å². The first-order valence-corrected chi connectivity index (χ1v) is 8.97. The molecule has 4 nitrogen and oxygen atoms in total. The van der Waals surface area contributed by atoms with Gasteiger partial charge in [-0.1, -0.05) is 35.9 Å². The summed E-state index contributed by atoms with van der Waals surface area (Å²) in [6.45, 7) is 2.59. The molecule has 2 aromatic carbocycles. The van der Waals surface area contributed by atoms with Gasteiger partial charge in [-0.25, -0.2) is 0 Å². The van der Waals surface area contributed by atoms with Crippen molar-refractivity contribution in [1.29, 1.82) is 0 Å². The molecule has 1 atom stereocenters. The molecule has 3 rings (SSSR count). The molecule has 0 spiro atoms. The zero-order chi connectivity index (χ0) is 17.6. The molecule has 6 heteroatoms. The summed E-state index contributed by atoms with van der Waals surface area (Å²) in [4.78, 5) is 14.9. The second-order valence-corrected chi connectivity index (χ2v) is 6.63. The van der Waals surface area contributed by atoms with Crippen LogP contribution >= 0.6 is 24.0 Å². The Morgan fingerprint density at radius 2 is 1.92 bits per heavy atom. The molecular formula is C20H24Cl2N2O2. The first-order valence-electron chi connectivity index (χ1n) is 8.60. The molecule has 1 saturated heterocycles. The molecule has 1 unspecified atom stereocenters. The first-order chi connectivity index (χ1) is 12.2. The number of carbonyl (C=O) groups excluding carboxylic acids is 1. The number of nitrogens with zero attached hydrogens (tertiary/aromatic N) is 1. The second-order valence-electron chi connectivity index (χ2n) is 6.22. The van der Waals surface area contributed by atoms with E-state index in [-0.39, 0.29) is 24.4 Å². The topological polar surface area (TPSA) is 41.6 Å². The Balaban J connectivity index is 0.00000243. The van der Waals surface area contributed by atoms with Crippen LogP contribution in [-0.4, -0.2) is 37.6 Å². The van der Waals surface area contributed by atoms with Crippen molar-refractivity contribution in [3.05, 3.63) is 64.7 Å². The Kier molecular flexibility index (Phi) is 7.76. The van der Waals surface area contributed by atoms with E-state index in [9.17, 15) is 4.79 Å². The van der Waals surface area contributed by atoms with E-state index >= 15 is 0 Å². The van der Waals surface area contributed by atoms with Crippen LogP contribution in [0.3, 0.4) is 0 Å². The van der Waals surface area contributed by atoms with Crippen LogP contribution in [0.25, 0.3) is 0 Å². The molecule has 0 aliphatic carbocycles. The second kappa shape index (κ2) is 9.81. The van der Waals surface area contributed by atoms with Gasteiger partial charge in [0.2, 0.25) is 0 Å². The van der Waals surface area contributed by atoms with Crippen LogP contribution in [0.5, 0.6) is 5.75 Å². The number of likely N-dealkylation sites (tertiary alicyclic amines) is 1. The smallest absolute Gasteiger partial charge is 0.251 e. The minimum absolute atomic E-state index is 0. The summed E-state index contributed by atoms with van der Waals surface area (Å²) in [5.74, 6) is 0.574. The van der Waals surface area contributed by atoms with Crippen molar-refractivity contribution in [2.45, 2.75) is 18.9 Å². The van der Waals surface area contributed by atoms with Gasteiger partial charge in [0.05, 0.1) is 13.2 Å². The maximum Gasteiger partial charge on any atom is 0.251 e. The lowest BCUT2D eigenvalue weighted by atomic mass is 10.0. The highest BCUT2D eigenvalue weighted by atomic mass is 35.5. The van der Waals surface area contributed by atoms with Crippen molar-refractivity contribution < 1.29 is 9.53 Å². The van der Waals surface area contributed by atoms with E-state index in [1.54, 1.807) is 19.2 Å². The summed E-state index contributed by atoms with van der Waals surface area (Å²) < 4.78 is 5.19. The highest BCUT2D eigenvalue weighted by molar-refractivity contribution is 6.31. The van der Waals surface area contributed by atoms with E-state index < -0.39 is 0 Å². The van der Waals surface area contributed by atoms with Crippen molar-refractivity contribution in [1.82, 2.24) is 10.2 Å². The summed E-state index contributed by atoms with van der Waals surface area (Å²) in [6, 6.07) is 15.1. The standard InChI is InChI=1S/C20H23ClN2O2.ClH/c1-25-16-8-6-7-15(13-16)20(24)22-14-19(23-11-4-5-12-23)17-9-2-3-10-18(17)21;/h2-3,6-10,13,19H,4-5,11-12,14H2,1H3,(H,22,24);1H. The van der Waals surface area contributed by atoms with Gasteiger partial charge in [-0.15, -0.1) is 12.4 Å². The zero-order valence-electron chi connectivity index (χ0n) is 14.8. The molecule has 1 amide bonds. The number of ether oxygens (including phenoxy) is 1. The summed E-state index contributed by atoms with van der Waals surface area (Å²) >= 11 is 6.41. The van der Waals surface area contributed by atoms with Crippen LogP contribution in [0, 0.1) is 0 Å². The minimum atomic E-state index is -0.102. The van der Waals surface area contributed by atoms with E-state index in [4.69, 9.17) is 16.3 Å². The molecule has 0 bridgehead atoms. The quantitative estimate of drug-likeness (QED) is 0.791. The van der Waals surface area contributed by atoms with Gasteiger partial charge >= 0.3 is 0 Å². The number of rotatable bonds is 6. The van der Waals surface area contributed by atoms with Gasteiger partial charge in [-0.05, 0) is 55.8 Å². The normalized spacial score (nSPS) is 15.2. The van der Waals surface area contributed by atoms with E-state index in [0.29, 0.717) is 17.9 Å². The molecule has 1 fully saturated rings. The molecular weight excluding hydrogens is 371 g/mol. The lowest BCUT2D eigenvalue weighted by Crippen LogP contribution is -2.37. The fourth-order valence-corrected chi connectivity index (χ4v) is 3.55. The average molecular weight is 395 g/mol. The summed E-state index contributed by atoms with van der Waals surface area (Å²) in [6.07, 6.45) is 2.37. The van der Waals surface area contributed by atoms with E-state index in [1.165, 1.54) is 12.8 Å². The number of halogens is 2. The SMILES string of the molecule is COc1cccc(C(=O)NCC(c2ccccc2Cl)N2CCCC2)c1.Cl. The number of hydrogen-bond donors (Lipinski definition) is 1. The Bertz CT molecular complexity index is 733. The number of methoxy groups -OCH3 is 1. The van der Waals surface area contributed by atoms with Gasteiger partial charge in [0.25, 0.3) is 5.91 Å². The summed E-state index contributed by atoms with van der Waals surface area (Å²) in [5.41, 5.74) is 1.66. The average Bonchev–Trinajstić information content (AvgIpc) is 3.17. The largest absolute Gasteiger partial charge is 0.497 e. The number of benzene rings is 2. The lowest BCUT2D eigenvalue weighted by Gasteiger charge is -2.29. The van der Waals surface area contributed by atoms with Gasteiger partial charge < -0.3 is 10.1 Å². The zero-order valence-corrected chi connectivity index (χ0v) is 16.4. The molecule has 1 aliphatic rings. The molecule has 0 radical (unpaired) electrons. The Labute approximate surface area is 165 Å². The first kappa shape index (κ1) is 20.6. The third kappa shape index (κ3) is 4.91. The van der Waals surface area contributed by atoms with E-state index in [1.807, 2.05) is 36.4 Å². The highest BCUT2D eigenvalue weighted by Gasteiger charge is 2.25. The predicted octanol–water partition coefficient (Wildman–Crippen LogP) is 4.34. The highest BCUT2D eigenvalue weighted by Crippen LogP contribution is 2.29. The van der Waals surface area contributed by atoms with Crippen molar-refractivity contribution >= 4 is 29.9 Å². The third-order valence-electron chi connectivity index (χ3n) is 4.63. The van der Waals surface area contributed by atoms with Crippen molar-refractivity contribution in [2.75, 3.05) is 26.7 Å². The molecule has 1 heterocycles. The maximum absolute atomic E-state index is 12.5. The van der Waals surface area contributed by atoms with Crippen LogP contribution in [0.4, 0.5) is 0 Å². The van der Waals surface area contributed by atoms with Gasteiger partial charge in [-0.2, -0.15) is 0 Å². The molecule has 0 saturated carbocycles. The minimum Gasteiger partial charge on any atom is -0.497 e. The molecule has 2 aromatic rings. The van der Waals surface area contributed by atoms with Crippen LogP contribution in [0.15, 0.2) is 48.5 Å². The van der Waals surface area contributed by atoms with Gasteiger partial charge in [-0.3, -0.25) is 9.69 Å². The molecule has 26 heavy (non-hydrogen) atoms. The van der Waals surface area contributed by atoms with E-state index in [2.05, 4.69) is 10.2 Å².